The van der Waals surface area contributed by atoms with E-state index in [-0.39, 0.29) is 5.91 Å². The van der Waals surface area contributed by atoms with Gasteiger partial charge in [-0.2, -0.15) is 5.10 Å². The van der Waals surface area contributed by atoms with Crippen molar-refractivity contribution < 1.29 is 4.79 Å². The molecule has 0 atom stereocenters. The molecule has 25 heavy (non-hydrogen) atoms. The van der Waals surface area contributed by atoms with Gasteiger partial charge in [0.2, 0.25) is 5.95 Å². The molecule has 2 aromatic heterocycles. The Morgan fingerprint density at radius 3 is 2.68 bits per heavy atom. The Morgan fingerprint density at radius 1 is 1.20 bits per heavy atom. The first-order valence-corrected chi connectivity index (χ1v) is 7.96. The number of benzene rings is 1. The molecule has 7 heteroatoms. The minimum atomic E-state index is -0.245. The summed E-state index contributed by atoms with van der Waals surface area (Å²) in [5.41, 5.74) is 3.89. The predicted molar refractivity (Wildman–Crippen MR) is 96.1 cm³/mol. The summed E-state index contributed by atoms with van der Waals surface area (Å²) in [7, 11) is 3.59. The van der Waals surface area contributed by atoms with Gasteiger partial charge in [0, 0.05) is 43.7 Å². The topological polar surface area (TPSA) is 84.7 Å². The molecule has 1 aromatic carbocycles. The third-order valence-electron chi connectivity index (χ3n) is 3.70. The smallest absolute Gasteiger partial charge is 0.270 e. The van der Waals surface area contributed by atoms with E-state index in [1.165, 1.54) is 0 Å². The molecule has 7 nitrogen and oxygen atoms in total. The molecule has 0 bridgehead atoms. The van der Waals surface area contributed by atoms with Gasteiger partial charge in [0.15, 0.2) is 0 Å². The van der Waals surface area contributed by atoms with Gasteiger partial charge < -0.3 is 10.6 Å². The molecule has 0 spiro atoms. The zero-order chi connectivity index (χ0) is 17.8. The maximum absolute atomic E-state index is 12.4. The largest absolute Gasteiger partial charge is 0.357 e. The maximum atomic E-state index is 12.4. The lowest BCUT2D eigenvalue weighted by Gasteiger charge is -2.07. The number of hydrogen-bond donors (Lipinski definition) is 2. The standard InChI is InChI=1S/C18H20N6O/c1-12-9-15(22-18(19-2)21-12)17(25)20-10-14-11-24(3)23-16(14)13-7-5-4-6-8-13/h4-9,11H,10H2,1-3H3,(H,20,25)(H,19,21,22). The maximum Gasteiger partial charge on any atom is 0.270 e. The van der Waals surface area contributed by atoms with Gasteiger partial charge in [0.25, 0.3) is 5.91 Å². The molecule has 0 saturated carbocycles. The monoisotopic (exact) mass is 336 g/mol. The predicted octanol–water partition coefficient (Wildman–Crippen LogP) is 2.16. The van der Waals surface area contributed by atoms with E-state index in [9.17, 15) is 4.79 Å². The van der Waals surface area contributed by atoms with Crippen molar-refractivity contribution in [1.29, 1.82) is 0 Å². The first kappa shape index (κ1) is 16.6. The van der Waals surface area contributed by atoms with Crippen molar-refractivity contribution in [2.24, 2.45) is 7.05 Å². The second kappa shape index (κ2) is 7.12. The second-order valence-electron chi connectivity index (χ2n) is 5.69. The Kier molecular flexibility index (Phi) is 4.74. The lowest BCUT2D eigenvalue weighted by molar-refractivity contribution is 0.0946. The Balaban J connectivity index is 1.78. The van der Waals surface area contributed by atoms with Gasteiger partial charge in [0.05, 0.1) is 5.69 Å². The van der Waals surface area contributed by atoms with Crippen LogP contribution < -0.4 is 10.6 Å². The lowest BCUT2D eigenvalue weighted by Crippen LogP contribution is -2.24. The van der Waals surface area contributed by atoms with Crippen molar-refractivity contribution in [1.82, 2.24) is 25.1 Å². The Bertz CT molecular complexity index is 888. The van der Waals surface area contributed by atoms with Crippen LogP contribution >= 0.6 is 0 Å². The van der Waals surface area contributed by atoms with E-state index in [0.717, 1.165) is 22.5 Å². The van der Waals surface area contributed by atoms with Crippen molar-refractivity contribution in [3.05, 3.63) is 59.5 Å². The number of aromatic nitrogens is 4. The number of anilines is 1. The number of carbonyl (C=O) groups excluding carboxylic acids is 1. The lowest BCUT2D eigenvalue weighted by atomic mass is 10.1. The van der Waals surface area contributed by atoms with E-state index in [2.05, 4.69) is 25.7 Å². The van der Waals surface area contributed by atoms with Gasteiger partial charge in [-0.3, -0.25) is 9.48 Å². The van der Waals surface area contributed by atoms with Crippen molar-refractivity contribution in [3.63, 3.8) is 0 Å². The highest BCUT2D eigenvalue weighted by atomic mass is 16.1. The highest BCUT2D eigenvalue weighted by Gasteiger charge is 2.14. The first-order chi connectivity index (χ1) is 12.1. The van der Waals surface area contributed by atoms with E-state index >= 15 is 0 Å². The fourth-order valence-corrected chi connectivity index (χ4v) is 2.57. The summed E-state index contributed by atoms with van der Waals surface area (Å²) in [6, 6.07) is 11.6. The van der Waals surface area contributed by atoms with Crippen LogP contribution in [0.15, 0.2) is 42.6 Å². The van der Waals surface area contributed by atoms with E-state index < -0.39 is 0 Å². The summed E-state index contributed by atoms with van der Waals surface area (Å²) in [5, 5.41) is 10.3. The number of hydrogen-bond acceptors (Lipinski definition) is 5. The Morgan fingerprint density at radius 2 is 1.96 bits per heavy atom. The summed E-state index contributed by atoms with van der Waals surface area (Å²) in [4.78, 5) is 20.8. The third kappa shape index (κ3) is 3.82. The Hall–Kier alpha value is -3.22. The van der Waals surface area contributed by atoms with Crippen LogP contribution in [0.3, 0.4) is 0 Å². The van der Waals surface area contributed by atoms with Crippen molar-refractivity contribution in [2.45, 2.75) is 13.5 Å². The van der Waals surface area contributed by atoms with Gasteiger partial charge in [0.1, 0.15) is 5.69 Å². The zero-order valence-electron chi connectivity index (χ0n) is 14.4. The van der Waals surface area contributed by atoms with Crippen LogP contribution in [0, 0.1) is 6.92 Å². The minimum absolute atomic E-state index is 0.245. The van der Waals surface area contributed by atoms with Crippen LogP contribution in [-0.4, -0.2) is 32.7 Å². The van der Waals surface area contributed by atoms with Crippen LogP contribution in [0.25, 0.3) is 11.3 Å². The fourth-order valence-electron chi connectivity index (χ4n) is 2.57. The van der Waals surface area contributed by atoms with E-state index in [1.54, 1.807) is 17.8 Å². The van der Waals surface area contributed by atoms with Crippen LogP contribution in [0.1, 0.15) is 21.7 Å². The molecule has 0 saturated heterocycles. The molecule has 0 aliphatic rings. The average molecular weight is 336 g/mol. The molecule has 1 amide bonds. The van der Waals surface area contributed by atoms with Crippen LogP contribution in [0.5, 0.6) is 0 Å². The molecule has 0 unspecified atom stereocenters. The van der Waals surface area contributed by atoms with E-state index in [0.29, 0.717) is 18.2 Å². The SMILES string of the molecule is CNc1nc(C)cc(C(=O)NCc2cn(C)nc2-c2ccccc2)n1. The molecule has 3 aromatic rings. The normalized spacial score (nSPS) is 10.5. The van der Waals surface area contributed by atoms with Gasteiger partial charge in [-0.05, 0) is 13.0 Å². The third-order valence-corrected chi connectivity index (χ3v) is 3.70. The molecule has 3 rings (SSSR count). The summed E-state index contributed by atoms with van der Waals surface area (Å²) >= 11 is 0. The molecule has 0 fully saturated rings. The summed E-state index contributed by atoms with van der Waals surface area (Å²) in [5.74, 6) is 0.182. The van der Waals surface area contributed by atoms with Gasteiger partial charge >= 0.3 is 0 Å². The number of aryl methyl sites for hydroxylation is 2. The number of amides is 1. The zero-order valence-corrected chi connectivity index (χ0v) is 14.4. The molecule has 2 heterocycles. The van der Waals surface area contributed by atoms with Crippen LogP contribution in [-0.2, 0) is 13.6 Å². The van der Waals surface area contributed by atoms with E-state index in [1.807, 2.05) is 50.5 Å². The molecule has 0 radical (unpaired) electrons. The van der Waals surface area contributed by atoms with Crippen molar-refractivity contribution >= 4 is 11.9 Å². The van der Waals surface area contributed by atoms with E-state index in [4.69, 9.17) is 0 Å². The summed E-state index contributed by atoms with van der Waals surface area (Å²) < 4.78 is 1.75. The molecule has 128 valence electrons. The summed E-state index contributed by atoms with van der Waals surface area (Å²) in [6.07, 6.45) is 1.91. The van der Waals surface area contributed by atoms with Crippen molar-refractivity contribution in [3.8, 4) is 11.3 Å². The van der Waals surface area contributed by atoms with Gasteiger partial charge in [-0.1, -0.05) is 30.3 Å². The number of nitrogens with one attached hydrogen (secondary N) is 2. The molecule has 0 aliphatic heterocycles. The number of nitrogens with zero attached hydrogens (tertiary/aromatic N) is 4. The number of carbonyl (C=O) groups is 1. The second-order valence-corrected chi connectivity index (χ2v) is 5.69. The number of rotatable bonds is 5. The van der Waals surface area contributed by atoms with Gasteiger partial charge in [-0.25, -0.2) is 9.97 Å². The highest BCUT2D eigenvalue weighted by Crippen LogP contribution is 2.21. The van der Waals surface area contributed by atoms with Gasteiger partial charge in [-0.15, -0.1) is 0 Å². The fraction of sp³-hybridized carbons (Fsp3) is 0.222. The molecule has 2 N–H and O–H groups in total. The summed E-state index contributed by atoms with van der Waals surface area (Å²) in [6.45, 7) is 2.20. The highest BCUT2D eigenvalue weighted by molar-refractivity contribution is 5.92. The van der Waals surface area contributed by atoms with Crippen LogP contribution in [0.2, 0.25) is 0 Å². The molecular weight excluding hydrogens is 316 g/mol. The average Bonchev–Trinajstić information content (AvgIpc) is 3.00. The first-order valence-electron chi connectivity index (χ1n) is 7.96. The Labute approximate surface area is 146 Å². The molecular formula is C18H20N6O. The minimum Gasteiger partial charge on any atom is -0.357 e. The molecule has 0 aliphatic carbocycles. The van der Waals surface area contributed by atoms with Crippen LogP contribution in [0.4, 0.5) is 5.95 Å². The van der Waals surface area contributed by atoms with Crippen molar-refractivity contribution in [2.75, 3.05) is 12.4 Å². The quantitative estimate of drug-likeness (QED) is 0.746.